The van der Waals surface area contributed by atoms with Gasteiger partial charge in [-0.3, -0.25) is 4.79 Å². The lowest BCUT2D eigenvalue weighted by Gasteiger charge is -2.32. The number of benzene rings is 2. The highest BCUT2D eigenvalue weighted by Crippen LogP contribution is 2.34. The fourth-order valence-corrected chi connectivity index (χ4v) is 5.53. The molecule has 8 heteroatoms. The Balaban J connectivity index is 1.33. The Labute approximate surface area is 216 Å². The van der Waals surface area contributed by atoms with Crippen molar-refractivity contribution in [3.8, 4) is 11.1 Å². The lowest BCUT2D eigenvalue weighted by Crippen LogP contribution is -2.43. The number of piperidine rings is 1. The summed E-state index contributed by atoms with van der Waals surface area (Å²) < 4.78 is 0. The standard InChI is InChI=1S/C29H31N7O/c1-18-12-22(20-4-8-32-26(31)15-20)14-25-27(18)33-17-34-28(25)36-9-5-19-2-3-21(13-23(19)16-36)29(37)35-10-6-24(30)7-11-35/h2-4,8,12-15,17,24H,5-7,9-11,16,30H2,1H3,(H2,31,32). The van der Waals surface area contributed by atoms with Gasteiger partial charge in [-0.05, 0) is 90.4 Å². The summed E-state index contributed by atoms with van der Waals surface area (Å²) >= 11 is 0. The molecule has 1 saturated heterocycles. The van der Waals surface area contributed by atoms with Crippen molar-refractivity contribution in [3.63, 3.8) is 0 Å². The molecule has 4 heterocycles. The predicted octanol–water partition coefficient (Wildman–Crippen LogP) is 3.71. The van der Waals surface area contributed by atoms with Gasteiger partial charge in [-0.1, -0.05) is 6.07 Å². The molecule has 4 N–H and O–H groups in total. The van der Waals surface area contributed by atoms with E-state index in [-0.39, 0.29) is 11.9 Å². The number of anilines is 2. The highest BCUT2D eigenvalue weighted by atomic mass is 16.2. The molecule has 1 fully saturated rings. The van der Waals surface area contributed by atoms with Crippen molar-refractivity contribution in [1.82, 2.24) is 19.9 Å². The van der Waals surface area contributed by atoms with Gasteiger partial charge in [0.1, 0.15) is 18.0 Å². The Kier molecular flexibility index (Phi) is 5.96. The first-order valence-electron chi connectivity index (χ1n) is 12.8. The number of nitrogen functional groups attached to an aromatic ring is 1. The number of pyridine rings is 1. The second kappa shape index (κ2) is 9.44. The SMILES string of the molecule is Cc1cc(-c2ccnc(N)c2)cc2c(N3CCc4ccc(C(=O)N5CCC(N)CC5)cc4C3)ncnc12. The predicted molar refractivity (Wildman–Crippen MR) is 146 cm³/mol. The first kappa shape index (κ1) is 23.4. The largest absolute Gasteiger partial charge is 0.384 e. The third-order valence-corrected chi connectivity index (χ3v) is 7.61. The first-order valence-corrected chi connectivity index (χ1v) is 12.8. The normalized spacial score (nSPS) is 16.2. The van der Waals surface area contributed by atoms with Gasteiger partial charge < -0.3 is 21.3 Å². The number of likely N-dealkylation sites (tertiary alicyclic amines) is 1. The minimum absolute atomic E-state index is 0.0937. The van der Waals surface area contributed by atoms with Crippen LogP contribution in [-0.2, 0) is 13.0 Å². The van der Waals surface area contributed by atoms with E-state index >= 15 is 0 Å². The van der Waals surface area contributed by atoms with Gasteiger partial charge in [-0.25, -0.2) is 15.0 Å². The molecule has 0 spiro atoms. The summed E-state index contributed by atoms with van der Waals surface area (Å²) in [5.41, 5.74) is 19.3. The van der Waals surface area contributed by atoms with Gasteiger partial charge >= 0.3 is 0 Å². The lowest BCUT2D eigenvalue weighted by atomic mass is 9.95. The monoisotopic (exact) mass is 493 g/mol. The van der Waals surface area contributed by atoms with Crippen LogP contribution in [0, 0.1) is 6.92 Å². The average molecular weight is 494 g/mol. The fourth-order valence-electron chi connectivity index (χ4n) is 5.53. The van der Waals surface area contributed by atoms with Crippen molar-refractivity contribution in [2.24, 2.45) is 5.73 Å². The number of hydrogen-bond acceptors (Lipinski definition) is 7. The summed E-state index contributed by atoms with van der Waals surface area (Å²) in [7, 11) is 0. The number of hydrogen-bond donors (Lipinski definition) is 2. The number of carbonyl (C=O) groups is 1. The van der Waals surface area contributed by atoms with Crippen LogP contribution >= 0.6 is 0 Å². The molecule has 37 heavy (non-hydrogen) atoms. The zero-order chi connectivity index (χ0) is 25.5. The molecule has 0 aliphatic carbocycles. The molecule has 2 aliphatic rings. The van der Waals surface area contributed by atoms with Gasteiger partial charge in [0.05, 0.1) is 5.52 Å². The van der Waals surface area contributed by atoms with E-state index in [2.05, 4.69) is 46.1 Å². The Morgan fingerprint density at radius 3 is 2.59 bits per heavy atom. The number of fused-ring (bicyclic) bond motifs is 2. The quantitative estimate of drug-likeness (QED) is 0.447. The van der Waals surface area contributed by atoms with Crippen LogP contribution in [0.2, 0.25) is 0 Å². The second-order valence-corrected chi connectivity index (χ2v) is 10.1. The molecule has 0 unspecified atom stereocenters. The van der Waals surface area contributed by atoms with Crippen LogP contribution in [0.25, 0.3) is 22.0 Å². The number of nitrogens with two attached hydrogens (primary N) is 2. The zero-order valence-electron chi connectivity index (χ0n) is 21.0. The van der Waals surface area contributed by atoms with E-state index in [1.54, 1.807) is 12.5 Å². The van der Waals surface area contributed by atoms with Crippen molar-refractivity contribution >= 4 is 28.4 Å². The fraction of sp³-hybridized carbons (Fsp3) is 0.310. The van der Waals surface area contributed by atoms with E-state index in [1.165, 1.54) is 11.1 Å². The average Bonchev–Trinajstić information content (AvgIpc) is 2.92. The Morgan fingerprint density at radius 2 is 1.78 bits per heavy atom. The third kappa shape index (κ3) is 4.49. The van der Waals surface area contributed by atoms with E-state index in [9.17, 15) is 4.79 Å². The summed E-state index contributed by atoms with van der Waals surface area (Å²) in [6.07, 6.45) is 5.99. The Morgan fingerprint density at radius 1 is 0.946 bits per heavy atom. The summed E-state index contributed by atoms with van der Waals surface area (Å²) in [6.45, 7) is 5.06. The van der Waals surface area contributed by atoms with Crippen LogP contribution in [0.4, 0.5) is 11.6 Å². The number of aryl methyl sites for hydroxylation is 1. The van der Waals surface area contributed by atoms with Crippen LogP contribution in [0.15, 0.2) is 55.0 Å². The van der Waals surface area contributed by atoms with Gasteiger partial charge in [0.25, 0.3) is 5.91 Å². The molecule has 2 aromatic heterocycles. The number of aromatic nitrogens is 3. The molecule has 0 radical (unpaired) electrons. The van der Waals surface area contributed by atoms with Crippen molar-refractivity contribution in [2.45, 2.75) is 38.8 Å². The zero-order valence-corrected chi connectivity index (χ0v) is 21.0. The summed E-state index contributed by atoms with van der Waals surface area (Å²) in [4.78, 5) is 30.9. The van der Waals surface area contributed by atoms with E-state index < -0.39 is 0 Å². The van der Waals surface area contributed by atoms with Crippen LogP contribution in [0.3, 0.4) is 0 Å². The van der Waals surface area contributed by atoms with Crippen molar-refractivity contribution in [2.75, 3.05) is 30.3 Å². The van der Waals surface area contributed by atoms with Crippen molar-refractivity contribution < 1.29 is 4.79 Å². The number of carbonyl (C=O) groups excluding carboxylic acids is 1. The van der Waals surface area contributed by atoms with E-state index in [0.717, 1.165) is 77.9 Å². The van der Waals surface area contributed by atoms with Crippen LogP contribution in [0.1, 0.15) is 39.9 Å². The maximum Gasteiger partial charge on any atom is 0.253 e. The minimum atomic E-state index is 0.0937. The van der Waals surface area contributed by atoms with Gasteiger partial charge in [-0.2, -0.15) is 0 Å². The molecule has 8 nitrogen and oxygen atoms in total. The van der Waals surface area contributed by atoms with Gasteiger partial charge in [0.15, 0.2) is 0 Å². The molecule has 188 valence electrons. The minimum Gasteiger partial charge on any atom is -0.384 e. The summed E-state index contributed by atoms with van der Waals surface area (Å²) in [6, 6.07) is 14.5. The Hall–Kier alpha value is -4.04. The van der Waals surface area contributed by atoms with Crippen LogP contribution in [-0.4, -0.2) is 51.4 Å². The van der Waals surface area contributed by atoms with Crippen LogP contribution < -0.4 is 16.4 Å². The molecule has 1 amide bonds. The smallest absolute Gasteiger partial charge is 0.253 e. The molecule has 0 atom stereocenters. The third-order valence-electron chi connectivity index (χ3n) is 7.61. The lowest BCUT2D eigenvalue weighted by molar-refractivity contribution is 0.0714. The molecule has 0 bridgehead atoms. The summed E-state index contributed by atoms with van der Waals surface area (Å²) in [5, 5.41) is 1.01. The Bertz CT molecular complexity index is 1490. The van der Waals surface area contributed by atoms with Crippen molar-refractivity contribution in [1.29, 1.82) is 0 Å². The van der Waals surface area contributed by atoms with E-state index in [4.69, 9.17) is 16.5 Å². The van der Waals surface area contributed by atoms with Crippen LogP contribution in [0.5, 0.6) is 0 Å². The van der Waals surface area contributed by atoms with E-state index in [1.807, 2.05) is 23.1 Å². The van der Waals surface area contributed by atoms with Crippen molar-refractivity contribution in [3.05, 3.63) is 77.2 Å². The van der Waals surface area contributed by atoms with Gasteiger partial charge in [0.2, 0.25) is 0 Å². The molecular formula is C29H31N7O. The topological polar surface area (TPSA) is 114 Å². The summed E-state index contributed by atoms with van der Waals surface area (Å²) in [5.74, 6) is 1.49. The van der Waals surface area contributed by atoms with Gasteiger partial charge in [-0.15, -0.1) is 0 Å². The molecule has 4 aromatic rings. The number of rotatable bonds is 3. The first-order chi connectivity index (χ1) is 18.0. The van der Waals surface area contributed by atoms with Gasteiger partial charge in [0, 0.05) is 49.4 Å². The number of nitrogens with zero attached hydrogens (tertiary/aromatic N) is 5. The maximum atomic E-state index is 13.2. The number of amides is 1. The molecule has 2 aromatic carbocycles. The highest BCUT2D eigenvalue weighted by molar-refractivity contribution is 5.96. The molecule has 0 saturated carbocycles. The maximum absolute atomic E-state index is 13.2. The molecule has 6 rings (SSSR count). The molecule has 2 aliphatic heterocycles. The van der Waals surface area contributed by atoms with E-state index in [0.29, 0.717) is 12.4 Å². The highest BCUT2D eigenvalue weighted by Gasteiger charge is 2.25. The second-order valence-electron chi connectivity index (χ2n) is 10.1. The molecular weight excluding hydrogens is 462 g/mol.